The van der Waals surface area contributed by atoms with E-state index in [0.717, 1.165) is 75.5 Å². The third kappa shape index (κ3) is 43.4. The molecule has 326 valence electrons. The van der Waals surface area contributed by atoms with Crippen LogP contribution in [0.5, 0.6) is 0 Å². The highest BCUT2D eigenvalue weighted by atomic mass is 16.6. The molecule has 1 atom stereocenters. The van der Waals surface area contributed by atoms with E-state index in [2.05, 4.69) is 41.5 Å². The first-order valence-electron chi connectivity index (χ1n) is 24.1. The Labute approximate surface area is 342 Å². The van der Waals surface area contributed by atoms with Crippen molar-refractivity contribution in [2.75, 3.05) is 13.2 Å². The molecule has 0 aliphatic rings. The van der Waals surface area contributed by atoms with Crippen LogP contribution in [0.4, 0.5) is 0 Å². The lowest BCUT2D eigenvalue weighted by Crippen LogP contribution is -2.30. The van der Waals surface area contributed by atoms with Gasteiger partial charge in [0.05, 0.1) is 0 Å². The summed E-state index contributed by atoms with van der Waals surface area (Å²) in [6.07, 6.45) is 38.1. The van der Waals surface area contributed by atoms with Gasteiger partial charge in [-0.1, -0.05) is 221 Å². The summed E-state index contributed by atoms with van der Waals surface area (Å²) in [6.45, 7) is 13.6. The van der Waals surface area contributed by atoms with Gasteiger partial charge in [-0.15, -0.1) is 0 Å². The first kappa shape index (κ1) is 53.4. The van der Waals surface area contributed by atoms with E-state index in [1.807, 2.05) is 0 Å². The van der Waals surface area contributed by atoms with E-state index in [0.29, 0.717) is 19.3 Å². The van der Waals surface area contributed by atoms with Crippen molar-refractivity contribution in [3.05, 3.63) is 0 Å². The summed E-state index contributed by atoms with van der Waals surface area (Å²) in [4.78, 5) is 37.8. The fourth-order valence-electron chi connectivity index (χ4n) is 7.23. The van der Waals surface area contributed by atoms with Crippen LogP contribution in [0, 0.1) is 17.8 Å². The molecule has 0 N–H and O–H groups in total. The van der Waals surface area contributed by atoms with Gasteiger partial charge in [0.15, 0.2) is 6.10 Å². The molecule has 0 radical (unpaired) electrons. The molecule has 6 heteroatoms. The highest BCUT2D eigenvalue weighted by Crippen LogP contribution is 2.17. The average Bonchev–Trinajstić information content (AvgIpc) is 3.13. The smallest absolute Gasteiger partial charge is 0.306 e. The van der Waals surface area contributed by atoms with E-state index in [1.165, 1.54) is 141 Å². The highest BCUT2D eigenvalue weighted by Gasteiger charge is 2.19. The predicted octanol–water partition coefficient (Wildman–Crippen LogP) is 15.2. The lowest BCUT2D eigenvalue weighted by molar-refractivity contribution is -0.167. The van der Waals surface area contributed by atoms with Gasteiger partial charge in [-0.2, -0.15) is 0 Å². The van der Waals surface area contributed by atoms with E-state index in [-0.39, 0.29) is 31.1 Å². The van der Waals surface area contributed by atoms with Gasteiger partial charge in [0.1, 0.15) is 13.2 Å². The van der Waals surface area contributed by atoms with E-state index < -0.39 is 6.10 Å². The van der Waals surface area contributed by atoms with E-state index in [4.69, 9.17) is 14.2 Å². The molecular weight excluding hydrogens is 685 g/mol. The molecule has 6 nitrogen and oxygen atoms in total. The number of esters is 3. The average molecular weight is 779 g/mol. The maximum absolute atomic E-state index is 12.7. The zero-order valence-corrected chi connectivity index (χ0v) is 37.7. The number of unbranched alkanes of at least 4 members (excludes halogenated alkanes) is 25. The third-order valence-corrected chi connectivity index (χ3v) is 10.9. The molecule has 0 aromatic heterocycles. The number of carbonyl (C=O) groups is 3. The minimum absolute atomic E-state index is 0.0658. The third-order valence-electron chi connectivity index (χ3n) is 10.9. The van der Waals surface area contributed by atoms with Crippen LogP contribution >= 0.6 is 0 Å². The zero-order chi connectivity index (χ0) is 40.6. The normalized spacial score (nSPS) is 12.2. The number of hydrogen-bond acceptors (Lipinski definition) is 6. The molecule has 0 aliphatic carbocycles. The van der Waals surface area contributed by atoms with Crippen LogP contribution in [0.25, 0.3) is 0 Å². The Balaban J connectivity index is 4.34. The van der Waals surface area contributed by atoms with Crippen molar-refractivity contribution >= 4 is 17.9 Å². The fourth-order valence-corrected chi connectivity index (χ4v) is 7.23. The van der Waals surface area contributed by atoms with Crippen LogP contribution in [0.2, 0.25) is 0 Å². The van der Waals surface area contributed by atoms with Gasteiger partial charge < -0.3 is 14.2 Å². The Morgan fingerprint density at radius 3 is 0.782 bits per heavy atom. The summed E-state index contributed by atoms with van der Waals surface area (Å²) >= 11 is 0. The number of carbonyl (C=O) groups excluding carboxylic acids is 3. The van der Waals surface area contributed by atoms with Gasteiger partial charge in [0, 0.05) is 19.3 Å². The standard InChI is InChI=1S/C49H94O6/c1-43(2)35-29-23-17-11-7-9-13-20-26-32-38-47(50)53-41-46(42-54-48(51)39-33-27-21-16-15-19-25-31-37-45(5)6)55-49(52)40-34-28-22-14-10-8-12-18-24-30-36-44(3)4/h43-46H,7-42H2,1-6H3/t46-/m0/s1. The van der Waals surface area contributed by atoms with Gasteiger partial charge in [-0.05, 0) is 37.0 Å². The maximum Gasteiger partial charge on any atom is 0.306 e. The topological polar surface area (TPSA) is 78.9 Å². The fraction of sp³-hybridized carbons (Fsp3) is 0.939. The predicted molar refractivity (Wildman–Crippen MR) is 233 cm³/mol. The monoisotopic (exact) mass is 779 g/mol. The van der Waals surface area contributed by atoms with Crippen molar-refractivity contribution in [1.82, 2.24) is 0 Å². The molecular formula is C49H94O6. The molecule has 0 heterocycles. The van der Waals surface area contributed by atoms with Crippen molar-refractivity contribution in [3.63, 3.8) is 0 Å². The minimum atomic E-state index is -0.762. The van der Waals surface area contributed by atoms with Gasteiger partial charge in [0.2, 0.25) is 0 Å². The quantitative estimate of drug-likeness (QED) is 0.0349. The summed E-state index contributed by atoms with van der Waals surface area (Å²) < 4.78 is 16.8. The summed E-state index contributed by atoms with van der Waals surface area (Å²) in [5, 5.41) is 0. The van der Waals surface area contributed by atoms with Gasteiger partial charge in [0.25, 0.3) is 0 Å². The Hall–Kier alpha value is -1.59. The second kappa shape index (κ2) is 40.6. The Morgan fingerprint density at radius 1 is 0.309 bits per heavy atom. The molecule has 0 aromatic carbocycles. The summed E-state index contributed by atoms with van der Waals surface area (Å²) in [5.41, 5.74) is 0. The lowest BCUT2D eigenvalue weighted by Gasteiger charge is -2.18. The van der Waals surface area contributed by atoms with Gasteiger partial charge in [-0.25, -0.2) is 0 Å². The number of ether oxygens (including phenoxy) is 3. The summed E-state index contributed by atoms with van der Waals surface area (Å²) in [6, 6.07) is 0. The van der Waals surface area contributed by atoms with Crippen molar-refractivity contribution in [1.29, 1.82) is 0 Å². The molecule has 0 saturated carbocycles. The van der Waals surface area contributed by atoms with Gasteiger partial charge in [-0.3, -0.25) is 14.4 Å². The molecule has 0 aliphatic heterocycles. The van der Waals surface area contributed by atoms with Crippen LogP contribution in [0.15, 0.2) is 0 Å². The highest BCUT2D eigenvalue weighted by molar-refractivity contribution is 5.71. The van der Waals surface area contributed by atoms with Gasteiger partial charge >= 0.3 is 17.9 Å². The molecule has 55 heavy (non-hydrogen) atoms. The van der Waals surface area contributed by atoms with Crippen LogP contribution in [-0.2, 0) is 28.6 Å². The number of rotatable bonds is 42. The van der Waals surface area contributed by atoms with Crippen LogP contribution in [0.1, 0.15) is 260 Å². The molecule has 0 saturated heterocycles. The van der Waals surface area contributed by atoms with Crippen molar-refractivity contribution in [3.8, 4) is 0 Å². The van der Waals surface area contributed by atoms with Crippen LogP contribution in [-0.4, -0.2) is 37.2 Å². The number of hydrogen-bond donors (Lipinski definition) is 0. The van der Waals surface area contributed by atoms with E-state index in [1.54, 1.807) is 0 Å². The largest absolute Gasteiger partial charge is 0.462 e. The Morgan fingerprint density at radius 2 is 0.527 bits per heavy atom. The van der Waals surface area contributed by atoms with Crippen molar-refractivity contribution in [2.45, 2.75) is 266 Å². The van der Waals surface area contributed by atoms with E-state index >= 15 is 0 Å². The first-order chi connectivity index (χ1) is 26.6. The minimum Gasteiger partial charge on any atom is -0.462 e. The van der Waals surface area contributed by atoms with Crippen LogP contribution < -0.4 is 0 Å². The van der Waals surface area contributed by atoms with Crippen LogP contribution in [0.3, 0.4) is 0 Å². The Bertz CT molecular complexity index is 852. The van der Waals surface area contributed by atoms with Crippen molar-refractivity contribution in [2.24, 2.45) is 17.8 Å². The maximum atomic E-state index is 12.7. The zero-order valence-electron chi connectivity index (χ0n) is 37.7. The molecule has 0 unspecified atom stereocenters. The second-order valence-electron chi connectivity index (χ2n) is 18.2. The molecule has 0 fully saturated rings. The second-order valence-corrected chi connectivity index (χ2v) is 18.2. The molecule has 0 spiro atoms. The molecule has 0 aromatic rings. The molecule has 0 rings (SSSR count). The lowest BCUT2D eigenvalue weighted by atomic mass is 10.0. The molecule has 0 bridgehead atoms. The molecule has 0 amide bonds. The first-order valence-corrected chi connectivity index (χ1v) is 24.1. The van der Waals surface area contributed by atoms with Crippen molar-refractivity contribution < 1.29 is 28.6 Å². The Kier molecular flexibility index (Phi) is 39.4. The summed E-state index contributed by atoms with van der Waals surface area (Å²) in [7, 11) is 0. The SMILES string of the molecule is CC(C)CCCCCCCCCCCCC(=O)OC[C@@H](COC(=O)CCCCCCCCCCC(C)C)OC(=O)CCCCCCCCCCCCC(C)C. The summed E-state index contributed by atoms with van der Waals surface area (Å²) in [5.74, 6) is 1.57. The van der Waals surface area contributed by atoms with E-state index in [9.17, 15) is 14.4 Å².